The van der Waals surface area contributed by atoms with Gasteiger partial charge in [0.25, 0.3) is 0 Å². The molecule has 0 spiro atoms. The molecule has 1 heterocycles. The van der Waals surface area contributed by atoms with Gasteiger partial charge in [-0.3, -0.25) is 0 Å². The van der Waals surface area contributed by atoms with Crippen LogP contribution in [0.1, 0.15) is 34.4 Å². The monoisotopic (exact) mass is 338 g/mol. The Morgan fingerprint density at radius 1 is 0.885 bits per heavy atom. The topological polar surface area (TPSA) is 48.8 Å². The van der Waals surface area contributed by atoms with Gasteiger partial charge in [-0.15, -0.1) is 0 Å². The van der Waals surface area contributed by atoms with Crippen molar-refractivity contribution in [3.63, 3.8) is 0 Å². The summed E-state index contributed by atoms with van der Waals surface area (Å²) in [5, 5.41) is 9.02. The molecule has 126 valence electrons. The van der Waals surface area contributed by atoms with E-state index in [0.717, 1.165) is 29.0 Å². The summed E-state index contributed by atoms with van der Waals surface area (Å²) >= 11 is 0. The molecule has 3 heteroatoms. The molecule has 4 rings (SSSR count). The number of benzene rings is 2. The fourth-order valence-electron chi connectivity index (χ4n) is 3.35. The third-order valence-electron chi connectivity index (χ3n) is 4.68. The van der Waals surface area contributed by atoms with E-state index in [0.29, 0.717) is 5.56 Å². The first kappa shape index (κ1) is 16.0. The zero-order valence-electron chi connectivity index (χ0n) is 14.5. The first-order chi connectivity index (χ1) is 12.8. The van der Waals surface area contributed by atoms with Gasteiger partial charge in [-0.05, 0) is 53.5 Å². The fraction of sp³-hybridized carbons (Fsp3) is 0.0870. The first-order valence-electron chi connectivity index (χ1n) is 8.53. The van der Waals surface area contributed by atoms with Crippen LogP contribution in [0.2, 0.25) is 0 Å². The molecule has 0 saturated heterocycles. The second-order valence-electron chi connectivity index (χ2n) is 6.16. The van der Waals surface area contributed by atoms with Gasteiger partial charge in [-0.1, -0.05) is 36.4 Å². The zero-order chi connectivity index (χ0) is 17.9. The zero-order valence-corrected chi connectivity index (χ0v) is 14.5. The third-order valence-corrected chi connectivity index (χ3v) is 4.68. The van der Waals surface area contributed by atoms with E-state index >= 15 is 0 Å². The van der Waals surface area contributed by atoms with Gasteiger partial charge in [-0.25, -0.2) is 0 Å². The number of hydrogen-bond donors (Lipinski definition) is 1. The summed E-state index contributed by atoms with van der Waals surface area (Å²) in [6.07, 6.45) is 7.31. The van der Waals surface area contributed by atoms with Gasteiger partial charge in [0.15, 0.2) is 0 Å². The van der Waals surface area contributed by atoms with Crippen molar-refractivity contribution in [2.75, 3.05) is 7.11 Å². The van der Waals surface area contributed by atoms with Crippen molar-refractivity contribution < 1.29 is 4.74 Å². The molecule has 0 atom stereocenters. The predicted molar refractivity (Wildman–Crippen MR) is 104 cm³/mol. The van der Waals surface area contributed by atoms with Crippen LogP contribution in [0.5, 0.6) is 5.75 Å². The third kappa shape index (κ3) is 2.82. The second-order valence-corrected chi connectivity index (χ2v) is 6.16. The van der Waals surface area contributed by atoms with Crippen LogP contribution in [0.4, 0.5) is 0 Å². The molecule has 0 bridgehead atoms. The van der Waals surface area contributed by atoms with Crippen LogP contribution in [0.15, 0.2) is 72.9 Å². The number of nitrogens with one attached hydrogen (secondary N) is 1. The highest BCUT2D eigenvalue weighted by Crippen LogP contribution is 2.36. The molecule has 1 N–H and O–H groups in total. The number of ether oxygens (including phenoxy) is 1. The van der Waals surface area contributed by atoms with Crippen molar-refractivity contribution in [3.8, 4) is 11.8 Å². The molecule has 0 unspecified atom stereocenters. The van der Waals surface area contributed by atoms with Crippen molar-refractivity contribution in [1.29, 1.82) is 5.26 Å². The summed E-state index contributed by atoms with van der Waals surface area (Å²) in [5.41, 5.74) is 7.61. The molecule has 1 aliphatic rings. The minimum Gasteiger partial charge on any atom is -0.497 e. The van der Waals surface area contributed by atoms with Gasteiger partial charge in [-0.2, -0.15) is 5.26 Å². The Kier molecular flexibility index (Phi) is 4.17. The number of methoxy groups -OCH3 is 1. The Balaban J connectivity index is 1.75. The van der Waals surface area contributed by atoms with Crippen molar-refractivity contribution in [2.45, 2.75) is 6.42 Å². The van der Waals surface area contributed by atoms with Crippen molar-refractivity contribution in [1.82, 2.24) is 4.98 Å². The Hall–Kier alpha value is -3.51. The van der Waals surface area contributed by atoms with Crippen LogP contribution >= 0.6 is 0 Å². The molecule has 1 aliphatic carbocycles. The van der Waals surface area contributed by atoms with Gasteiger partial charge >= 0.3 is 0 Å². The molecule has 0 fully saturated rings. The van der Waals surface area contributed by atoms with E-state index in [1.54, 1.807) is 7.11 Å². The van der Waals surface area contributed by atoms with Gasteiger partial charge < -0.3 is 9.72 Å². The molecule has 0 amide bonds. The average Bonchev–Trinajstić information content (AvgIpc) is 3.10. The number of hydrogen-bond acceptors (Lipinski definition) is 2. The minimum absolute atomic E-state index is 0.675. The molecule has 0 aliphatic heterocycles. The van der Waals surface area contributed by atoms with E-state index in [9.17, 15) is 0 Å². The highest BCUT2D eigenvalue weighted by molar-refractivity contribution is 5.91. The minimum atomic E-state index is 0.675. The summed E-state index contributed by atoms with van der Waals surface area (Å²) in [4.78, 5) is 3.40. The molecule has 1 aromatic heterocycles. The van der Waals surface area contributed by atoms with Crippen LogP contribution in [0, 0.1) is 11.3 Å². The number of aromatic amines is 1. The molecule has 0 saturated carbocycles. The number of H-pyrrole nitrogens is 1. The van der Waals surface area contributed by atoms with E-state index in [4.69, 9.17) is 10.00 Å². The number of allylic oxidation sites excluding steroid dienone is 2. The maximum absolute atomic E-state index is 9.02. The predicted octanol–water partition coefficient (Wildman–Crippen LogP) is 5.16. The highest BCUT2D eigenvalue weighted by atomic mass is 16.5. The SMILES string of the molecule is COc1ccc(C2=CCC=C(c3ccc(C#N)cc3)c3cc[nH]c32)cc1. The molecule has 26 heavy (non-hydrogen) atoms. The summed E-state index contributed by atoms with van der Waals surface area (Å²) in [5.74, 6) is 0.853. The Morgan fingerprint density at radius 2 is 1.54 bits per heavy atom. The number of fused-ring (bicyclic) bond motifs is 1. The van der Waals surface area contributed by atoms with E-state index in [-0.39, 0.29) is 0 Å². The summed E-state index contributed by atoms with van der Waals surface area (Å²) in [7, 11) is 1.68. The average molecular weight is 338 g/mol. The number of nitrogens with zero attached hydrogens (tertiary/aromatic N) is 1. The van der Waals surface area contributed by atoms with Gasteiger partial charge in [0.1, 0.15) is 5.75 Å². The smallest absolute Gasteiger partial charge is 0.118 e. The van der Waals surface area contributed by atoms with Crippen molar-refractivity contribution in [3.05, 3.63) is 101 Å². The van der Waals surface area contributed by atoms with Crippen LogP contribution in [0.25, 0.3) is 11.1 Å². The lowest BCUT2D eigenvalue weighted by Gasteiger charge is -2.11. The normalized spacial score (nSPS) is 13.1. The Labute approximate surface area is 152 Å². The maximum Gasteiger partial charge on any atom is 0.118 e. The summed E-state index contributed by atoms with van der Waals surface area (Å²) in [6, 6.07) is 20.2. The second kappa shape index (κ2) is 6.78. The van der Waals surface area contributed by atoms with Gasteiger partial charge in [0, 0.05) is 17.3 Å². The van der Waals surface area contributed by atoms with Crippen molar-refractivity contribution in [2.24, 2.45) is 0 Å². The molecule has 3 nitrogen and oxygen atoms in total. The molecular weight excluding hydrogens is 320 g/mol. The standard InChI is InChI=1S/C23H18N2O/c1-26-19-11-9-18(10-12-19)21-4-2-3-20(22-13-14-25-23(21)22)17-7-5-16(15-24)6-8-17/h3-14,25H,2H2,1H3. The van der Waals surface area contributed by atoms with E-state index in [2.05, 4.69) is 41.4 Å². The lowest BCUT2D eigenvalue weighted by atomic mass is 9.94. The lowest BCUT2D eigenvalue weighted by Crippen LogP contribution is -1.94. The van der Waals surface area contributed by atoms with Crippen LogP contribution in [0.3, 0.4) is 0 Å². The molecule has 3 aromatic rings. The van der Waals surface area contributed by atoms with Crippen LogP contribution in [-0.2, 0) is 0 Å². The molecule has 2 aromatic carbocycles. The number of nitriles is 1. The van der Waals surface area contributed by atoms with Crippen LogP contribution in [-0.4, -0.2) is 12.1 Å². The maximum atomic E-state index is 9.02. The quantitative estimate of drug-likeness (QED) is 0.717. The van der Waals surface area contributed by atoms with Crippen LogP contribution < -0.4 is 4.74 Å². The van der Waals surface area contributed by atoms with E-state index < -0.39 is 0 Å². The lowest BCUT2D eigenvalue weighted by molar-refractivity contribution is 0.415. The Bertz CT molecular complexity index is 1030. The summed E-state index contributed by atoms with van der Waals surface area (Å²) < 4.78 is 5.27. The largest absolute Gasteiger partial charge is 0.497 e. The fourth-order valence-corrected chi connectivity index (χ4v) is 3.35. The summed E-state index contributed by atoms with van der Waals surface area (Å²) in [6.45, 7) is 0. The number of aromatic nitrogens is 1. The molecular formula is C23H18N2O. The first-order valence-corrected chi connectivity index (χ1v) is 8.53. The van der Waals surface area contributed by atoms with Gasteiger partial charge in [0.05, 0.1) is 24.4 Å². The van der Waals surface area contributed by atoms with E-state index in [1.165, 1.54) is 16.7 Å². The van der Waals surface area contributed by atoms with E-state index in [1.807, 2.05) is 42.6 Å². The molecule has 0 radical (unpaired) electrons. The highest BCUT2D eigenvalue weighted by Gasteiger charge is 2.18. The number of rotatable bonds is 3. The Morgan fingerprint density at radius 3 is 2.23 bits per heavy atom. The van der Waals surface area contributed by atoms with Gasteiger partial charge in [0.2, 0.25) is 0 Å². The van der Waals surface area contributed by atoms with Crippen molar-refractivity contribution >= 4 is 11.1 Å².